The molecule has 1 aromatic heterocycles. The van der Waals surface area contributed by atoms with E-state index < -0.39 is 0 Å². The van der Waals surface area contributed by atoms with E-state index in [1.54, 1.807) is 12.0 Å². The Morgan fingerprint density at radius 3 is 2.39 bits per heavy atom. The van der Waals surface area contributed by atoms with Gasteiger partial charge < -0.3 is 24.2 Å². The number of amides is 2. The van der Waals surface area contributed by atoms with Crippen LogP contribution in [-0.4, -0.2) is 73.4 Å². The Morgan fingerprint density at radius 2 is 1.79 bits per heavy atom. The average molecular weight is 476 g/mol. The third-order valence-corrected chi connectivity index (χ3v) is 5.85. The minimum Gasteiger partial charge on any atom is -0.497 e. The van der Waals surface area contributed by atoms with Gasteiger partial charge in [0.25, 0.3) is 0 Å². The number of hydrogen-bond donors (Lipinski definition) is 0. The molecule has 9 nitrogen and oxygen atoms in total. The summed E-state index contributed by atoms with van der Waals surface area (Å²) in [5.74, 6) is 1.75. The number of rotatable bonds is 7. The smallest absolute Gasteiger partial charge is 0.233 e. The topological polar surface area (TPSA) is 88.1 Å². The lowest BCUT2D eigenvalue weighted by molar-refractivity contribution is -0.136. The van der Waals surface area contributed by atoms with E-state index in [4.69, 9.17) is 9.47 Å². The van der Waals surface area contributed by atoms with E-state index in [9.17, 15) is 9.59 Å². The van der Waals surface area contributed by atoms with Crippen molar-refractivity contribution in [3.8, 4) is 11.6 Å². The van der Waals surface area contributed by atoms with Crippen LogP contribution in [0.4, 0.5) is 11.5 Å². The first kappa shape index (κ1) is 24.6. The van der Waals surface area contributed by atoms with Crippen LogP contribution in [0.25, 0.3) is 0 Å². The van der Waals surface area contributed by atoms with E-state index in [-0.39, 0.29) is 36.6 Å². The van der Waals surface area contributed by atoms with Crippen LogP contribution in [0, 0.1) is 5.92 Å². The Balaban J connectivity index is 0.00000306. The summed E-state index contributed by atoms with van der Waals surface area (Å²) in [6, 6.07) is 11.1. The highest BCUT2D eigenvalue weighted by Gasteiger charge is 2.38. The molecule has 0 N–H and O–H groups in total. The van der Waals surface area contributed by atoms with Crippen molar-refractivity contribution in [3.63, 3.8) is 0 Å². The molecular formula is C23H30ClN5O4. The molecule has 3 heterocycles. The highest BCUT2D eigenvalue weighted by atomic mass is 35.5. The third-order valence-electron chi connectivity index (χ3n) is 5.85. The summed E-state index contributed by atoms with van der Waals surface area (Å²) in [6.45, 7) is 5.63. The van der Waals surface area contributed by atoms with Gasteiger partial charge in [0.1, 0.15) is 5.75 Å². The van der Waals surface area contributed by atoms with E-state index >= 15 is 0 Å². The summed E-state index contributed by atoms with van der Waals surface area (Å²) in [4.78, 5) is 31.3. The van der Waals surface area contributed by atoms with Gasteiger partial charge in [-0.2, -0.15) is 0 Å². The molecule has 2 aliphatic rings. The van der Waals surface area contributed by atoms with E-state index in [0.29, 0.717) is 45.2 Å². The van der Waals surface area contributed by atoms with Crippen LogP contribution in [0.5, 0.6) is 11.6 Å². The number of anilines is 2. The summed E-state index contributed by atoms with van der Waals surface area (Å²) in [7, 11) is 1.61. The molecule has 0 saturated carbocycles. The van der Waals surface area contributed by atoms with Gasteiger partial charge in [-0.05, 0) is 36.8 Å². The second-order valence-electron chi connectivity index (χ2n) is 7.99. The Bertz CT molecular complexity index is 933. The number of ether oxygens (including phenoxy) is 2. The Morgan fingerprint density at radius 1 is 1.06 bits per heavy atom. The van der Waals surface area contributed by atoms with E-state index in [1.165, 1.54) is 0 Å². The lowest BCUT2D eigenvalue weighted by Gasteiger charge is -2.36. The van der Waals surface area contributed by atoms with Crippen LogP contribution in [-0.2, 0) is 9.59 Å². The Kier molecular flexibility index (Phi) is 8.32. The van der Waals surface area contributed by atoms with Gasteiger partial charge in [0, 0.05) is 50.9 Å². The maximum Gasteiger partial charge on any atom is 0.233 e. The highest BCUT2D eigenvalue weighted by Crippen LogP contribution is 2.28. The molecule has 2 aliphatic heterocycles. The molecule has 1 unspecified atom stereocenters. The predicted octanol–water partition coefficient (Wildman–Crippen LogP) is 2.40. The quantitative estimate of drug-likeness (QED) is 0.607. The Hall–Kier alpha value is -3.07. The van der Waals surface area contributed by atoms with Gasteiger partial charge >= 0.3 is 0 Å². The van der Waals surface area contributed by atoms with Crippen molar-refractivity contribution < 1.29 is 19.1 Å². The lowest BCUT2D eigenvalue weighted by atomic mass is 10.1. The fourth-order valence-electron chi connectivity index (χ4n) is 4.06. The van der Waals surface area contributed by atoms with Crippen LogP contribution >= 0.6 is 12.4 Å². The largest absolute Gasteiger partial charge is 0.497 e. The van der Waals surface area contributed by atoms with Gasteiger partial charge in [-0.25, -0.2) is 0 Å². The highest BCUT2D eigenvalue weighted by molar-refractivity contribution is 6.00. The molecule has 2 aromatic rings. The van der Waals surface area contributed by atoms with E-state index in [0.717, 1.165) is 23.7 Å². The fourth-order valence-corrected chi connectivity index (χ4v) is 4.06. The monoisotopic (exact) mass is 475 g/mol. The SMILES string of the molecule is CCCOc1ccc(N2CCN(C(=O)C3CC(=O)N(c4ccc(OC)cc4)C3)CC2)nn1.Cl. The van der Waals surface area contributed by atoms with Crippen molar-refractivity contribution >= 4 is 35.7 Å². The fraction of sp³-hybridized carbons (Fsp3) is 0.478. The number of carbonyl (C=O) groups is 2. The molecule has 2 saturated heterocycles. The zero-order valence-corrected chi connectivity index (χ0v) is 19.8. The standard InChI is InChI=1S/C23H29N5O4.ClH/c1-3-14-32-21-9-8-20(24-25-21)26-10-12-27(13-11-26)23(30)17-15-22(29)28(16-17)18-4-6-19(31-2)7-5-18;/h4-9,17H,3,10-16H2,1-2H3;1H. The minimum atomic E-state index is -0.314. The summed E-state index contributed by atoms with van der Waals surface area (Å²) in [5.41, 5.74) is 0.792. The molecule has 10 heteroatoms. The number of piperazine rings is 1. The van der Waals surface area contributed by atoms with Gasteiger partial charge in [0.15, 0.2) is 5.82 Å². The van der Waals surface area contributed by atoms with Gasteiger partial charge in [-0.15, -0.1) is 22.6 Å². The second-order valence-corrected chi connectivity index (χ2v) is 7.99. The van der Waals surface area contributed by atoms with Crippen molar-refractivity contribution in [2.45, 2.75) is 19.8 Å². The van der Waals surface area contributed by atoms with Crippen LogP contribution in [0.2, 0.25) is 0 Å². The number of carbonyl (C=O) groups excluding carboxylic acids is 2. The summed E-state index contributed by atoms with van der Waals surface area (Å²) in [6.07, 6.45) is 1.17. The molecule has 0 bridgehead atoms. The first-order chi connectivity index (χ1) is 15.6. The van der Waals surface area contributed by atoms with Gasteiger partial charge in [-0.3, -0.25) is 9.59 Å². The number of benzene rings is 1. The van der Waals surface area contributed by atoms with Crippen molar-refractivity contribution in [1.82, 2.24) is 15.1 Å². The molecule has 4 rings (SSSR count). The molecular weight excluding hydrogens is 446 g/mol. The molecule has 1 atom stereocenters. The molecule has 33 heavy (non-hydrogen) atoms. The van der Waals surface area contributed by atoms with Crippen molar-refractivity contribution in [2.24, 2.45) is 5.92 Å². The second kappa shape index (κ2) is 11.2. The Labute approximate surface area is 200 Å². The molecule has 2 amide bonds. The number of aromatic nitrogens is 2. The number of halogens is 1. The van der Waals surface area contributed by atoms with Crippen molar-refractivity contribution in [2.75, 3.05) is 56.2 Å². The molecule has 178 valence electrons. The van der Waals surface area contributed by atoms with Crippen LogP contribution in [0.3, 0.4) is 0 Å². The summed E-state index contributed by atoms with van der Waals surface area (Å²) < 4.78 is 10.7. The lowest BCUT2D eigenvalue weighted by Crippen LogP contribution is -2.51. The maximum absolute atomic E-state index is 13.1. The van der Waals surface area contributed by atoms with Crippen LogP contribution in [0.1, 0.15) is 19.8 Å². The van der Waals surface area contributed by atoms with E-state index in [2.05, 4.69) is 15.1 Å². The van der Waals surface area contributed by atoms with Crippen molar-refractivity contribution in [1.29, 1.82) is 0 Å². The molecule has 2 fully saturated rings. The van der Waals surface area contributed by atoms with Crippen LogP contribution < -0.4 is 19.3 Å². The molecule has 1 aromatic carbocycles. The predicted molar refractivity (Wildman–Crippen MR) is 127 cm³/mol. The number of hydrogen-bond acceptors (Lipinski definition) is 7. The summed E-state index contributed by atoms with van der Waals surface area (Å²) >= 11 is 0. The summed E-state index contributed by atoms with van der Waals surface area (Å²) in [5, 5.41) is 8.38. The van der Waals surface area contributed by atoms with E-state index in [1.807, 2.05) is 48.2 Å². The van der Waals surface area contributed by atoms with Crippen molar-refractivity contribution in [3.05, 3.63) is 36.4 Å². The first-order valence-electron chi connectivity index (χ1n) is 11.0. The average Bonchev–Trinajstić information content (AvgIpc) is 3.24. The zero-order valence-electron chi connectivity index (χ0n) is 19.0. The van der Waals surface area contributed by atoms with Gasteiger partial charge in [-0.1, -0.05) is 6.92 Å². The molecule has 0 aliphatic carbocycles. The molecule has 0 radical (unpaired) electrons. The molecule has 0 spiro atoms. The van der Waals surface area contributed by atoms with Gasteiger partial charge in [0.05, 0.1) is 19.6 Å². The number of methoxy groups -OCH3 is 1. The minimum absolute atomic E-state index is 0. The van der Waals surface area contributed by atoms with Gasteiger partial charge in [0.2, 0.25) is 17.7 Å². The third kappa shape index (κ3) is 5.65. The normalized spacial score (nSPS) is 18.2. The number of nitrogens with zero attached hydrogens (tertiary/aromatic N) is 5. The zero-order chi connectivity index (χ0) is 22.5. The van der Waals surface area contributed by atoms with Crippen LogP contribution in [0.15, 0.2) is 36.4 Å². The first-order valence-corrected chi connectivity index (χ1v) is 11.0. The maximum atomic E-state index is 13.1.